The topological polar surface area (TPSA) is 15.3 Å². The van der Waals surface area contributed by atoms with Crippen molar-refractivity contribution in [1.29, 1.82) is 0 Å². The SMILES string of the molecule is CCCC1CN(CC2CSc3ccccc32)C(CC)CN1. The van der Waals surface area contributed by atoms with E-state index in [2.05, 4.69) is 48.3 Å². The van der Waals surface area contributed by atoms with E-state index < -0.39 is 0 Å². The number of thioether (sulfide) groups is 1. The van der Waals surface area contributed by atoms with Gasteiger partial charge in [-0.05, 0) is 24.5 Å². The monoisotopic (exact) mass is 304 g/mol. The Balaban J connectivity index is 1.67. The Hall–Kier alpha value is -0.510. The molecule has 116 valence electrons. The van der Waals surface area contributed by atoms with E-state index in [1.165, 1.54) is 49.5 Å². The van der Waals surface area contributed by atoms with Crippen LogP contribution in [-0.2, 0) is 0 Å². The lowest BCUT2D eigenvalue weighted by atomic mass is 9.97. The van der Waals surface area contributed by atoms with Crippen LogP contribution in [0.1, 0.15) is 44.6 Å². The van der Waals surface area contributed by atoms with Crippen molar-refractivity contribution in [2.45, 2.75) is 56.0 Å². The Morgan fingerprint density at radius 2 is 2.14 bits per heavy atom. The van der Waals surface area contributed by atoms with Gasteiger partial charge in [-0.1, -0.05) is 38.5 Å². The van der Waals surface area contributed by atoms with E-state index >= 15 is 0 Å². The number of nitrogens with zero attached hydrogens (tertiary/aromatic N) is 1. The van der Waals surface area contributed by atoms with Crippen LogP contribution in [0.15, 0.2) is 29.2 Å². The molecule has 0 saturated carbocycles. The van der Waals surface area contributed by atoms with E-state index in [1.807, 2.05) is 11.8 Å². The summed E-state index contributed by atoms with van der Waals surface area (Å²) in [5.74, 6) is 1.98. The molecule has 21 heavy (non-hydrogen) atoms. The van der Waals surface area contributed by atoms with Crippen LogP contribution >= 0.6 is 11.8 Å². The molecular weight excluding hydrogens is 276 g/mol. The second kappa shape index (κ2) is 7.17. The minimum absolute atomic E-state index is 0.696. The van der Waals surface area contributed by atoms with Gasteiger partial charge in [-0.3, -0.25) is 4.90 Å². The molecule has 1 saturated heterocycles. The average molecular weight is 305 g/mol. The van der Waals surface area contributed by atoms with Gasteiger partial charge in [-0.2, -0.15) is 0 Å². The Labute approximate surface area is 133 Å². The van der Waals surface area contributed by atoms with Crippen LogP contribution in [0.3, 0.4) is 0 Å². The van der Waals surface area contributed by atoms with Gasteiger partial charge in [0.1, 0.15) is 0 Å². The molecule has 2 aliphatic rings. The van der Waals surface area contributed by atoms with Gasteiger partial charge in [0.2, 0.25) is 0 Å². The van der Waals surface area contributed by atoms with Gasteiger partial charge in [-0.25, -0.2) is 0 Å². The smallest absolute Gasteiger partial charge is 0.0219 e. The second-order valence-corrected chi connectivity index (χ2v) is 7.52. The van der Waals surface area contributed by atoms with E-state index in [4.69, 9.17) is 0 Å². The van der Waals surface area contributed by atoms with Crippen LogP contribution in [0, 0.1) is 0 Å². The number of hydrogen-bond donors (Lipinski definition) is 1. The highest BCUT2D eigenvalue weighted by molar-refractivity contribution is 7.99. The van der Waals surface area contributed by atoms with Gasteiger partial charge < -0.3 is 5.32 Å². The lowest BCUT2D eigenvalue weighted by Crippen LogP contribution is -2.57. The van der Waals surface area contributed by atoms with E-state index in [0.29, 0.717) is 6.04 Å². The molecular formula is C18H28N2S. The highest BCUT2D eigenvalue weighted by Gasteiger charge is 2.31. The zero-order valence-electron chi connectivity index (χ0n) is 13.3. The molecule has 3 rings (SSSR count). The molecule has 0 amide bonds. The summed E-state index contributed by atoms with van der Waals surface area (Å²) in [6, 6.07) is 10.4. The molecule has 3 heteroatoms. The summed E-state index contributed by atoms with van der Waals surface area (Å²) < 4.78 is 0. The number of piperazine rings is 1. The Bertz CT molecular complexity index is 462. The molecule has 3 atom stereocenters. The summed E-state index contributed by atoms with van der Waals surface area (Å²) in [4.78, 5) is 4.28. The first kappa shape index (κ1) is 15.4. The van der Waals surface area contributed by atoms with E-state index in [-0.39, 0.29) is 0 Å². The summed E-state index contributed by atoms with van der Waals surface area (Å²) in [6.45, 7) is 8.27. The highest BCUT2D eigenvalue weighted by Crippen LogP contribution is 2.40. The third-order valence-electron chi connectivity index (χ3n) is 4.98. The van der Waals surface area contributed by atoms with Crippen molar-refractivity contribution in [3.8, 4) is 0 Å². The lowest BCUT2D eigenvalue weighted by molar-refractivity contribution is 0.118. The second-order valence-electron chi connectivity index (χ2n) is 6.46. The number of benzene rings is 1. The molecule has 0 aromatic heterocycles. The number of nitrogens with one attached hydrogen (secondary N) is 1. The maximum Gasteiger partial charge on any atom is 0.0219 e. The first-order valence-corrected chi connectivity index (χ1v) is 9.49. The molecule has 2 aliphatic heterocycles. The lowest BCUT2D eigenvalue weighted by Gasteiger charge is -2.41. The molecule has 1 aromatic rings. The third-order valence-corrected chi connectivity index (χ3v) is 6.23. The van der Waals surface area contributed by atoms with E-state index in [9.17, 15) is 0 Å². The molecule has 1 fully saturated rings. The Kier molecular flexibility index (Phi) is 5.25. The molecule has 0 bridgehead atoms. The van der Waals surface area contributed by atoms with Crippen molar-refractivity contribution >= 4 is 11.8 Å². The van der Waals surface area contributed by atoms with Crippen molar-refractivity contribution in [2.75, 3.05) is 25.4 Å². The standard InChI is InChI=1S/C18H28N2S/c1-3-7-15-12-20(16(4-2)10-19-15)11-14-13-21-18-9-6-5-8-17(14)18/h5-6,8-9,14-16,19H,3-4,7,10-13H2,1-2H3. The van der Waals surface area contributed by atoms with Crippen molar-refractivity contribution in [3.63, 3.8) is 0 Å². The molecule has 2 nitrogen and oxygen atoms in total. The summed E-state index contributed by atoms with van der Waals surface area (Å²) >= 11 is 2.04. The maximum absolute atomic E-state index is 3.75. The minimum Gasteiger partial charge on any atom is -0.311 e. The van der Waals surface area contributed by atoms with E-state index in [1.54, 1.807) is 5.56 Å². The fraction of sp³-hybridized carbons (Fsp3) is 0.667. The predicted molar refractivity (Wildman–Crippen MR) is 92.3 cm³/mol. The summed E-state index contributed by atoms with van der Waals surface area (Å²) in [5, 5.41) is 3.75. The van der Waals surface area contributed by atoms with Crippen LogP contribution in [0.2, 0.25) is 0 Å². The highest BCUT2D eigenvalue weighted by atomic mass is 32.2. The average Bonchev–Trinajstić information content (AvgIpc) is 2.91. The maximum atomic E-state index is 3.75. The van der Waals surface area contributed by atoms with Crippen molar-refractivity contribution < 1.29 is 0 Å². The van der Waals surface area contributed by atoms with E-state index in [0.717, 1.165) is 12.0 Å². The van der Waals surface area contributed by atoms with Gasteiger partial charge in [0.15, 0.2) is 0 Å². The van der Waals surface area contributed by atoms with Crippen molar-refractivity contribution in [1.82, 2.24) is 10.2 Å². The molecule has 0 radical (unpaired) electrons. The molecule has 0 aliphatic carbocycles. The minimum atomic E-state index is 0.696. The van der Waals surface area contributed by atoms with Crippen LogP contribution in [0.25, 0.3) is 0 Å². The van der Waals surface area contributed by atoms with Crippen LogP contribution < -0.4 is 5.32 Å². The number of rotatable bonds is 5. The quantitative estimate of drug-likeness (QED) is 0.892. The van der Waals surface area contributed by atoms with Crippen LogP contribution in [0.4, 0.5) is 0 Å². The molecule has 0 spiro atoms. The van der Waals surface area contributed by atoms with Crippen LogP contribution in [0.5, 0.6) is 0 Å². The summed E-state index contributed by atoms with van der Waals surface area (Å²) in [5.41, 5.74) is 1.59. The van der Waals surface area contributed by atoms with Gasteiger partial charge in [0, 0.05) is 48.3 Å². The molecule has 1 aromatic carbocycles. The Morgan fingerprint density at radius 1 is 1.29 bits per heavy atom. The first-order chi connectivity index (χ1) is 10.3. The van der Waals surface area contributed by atoms with Gasteiger partial charge in [0.05, 0.1) is 0 Å². The fourth-order valence-corrected chi connectivity index (χ4v) is 5.00. The molecule has 3 unspecified atom stereocenters. The first-order valence-electron chi connectivity index (χ1n) is 8.51. The van der Waals surface area contributed by atoms with Gasteiger partial charge >= 0.3 is 0 Å². The normalized spacial score (nSPS) is 29.5. The largest absolute Gasteiger partial charge is 0.311 e. The Morgan fingerprint density at radius 3 is 2.95 bits per heavy atom. The van der Waals surface area contributed by atoms with Crippen molar-refractivity contribution in [2.24, 2.45) is 0 Å². The van der Waals surface area contributed by atoms with Crippen molar-refractivity contribution in [3.05, 3.63) is 29.8 Å². The fourth-order valence-electron chi connectivity index (χ4n) is 3.76. The predicted octanol–water partition coefficient (Wildman–Crippen LogP) is 3.73. The zero-order chi connectivity index (χ0) is 14.7. The summed E-state index contributed by atoms with van der Waals surface area (Å²) in [7, 11) is 0. The molecule has 2 heterocycles. The number of hydrogen-bond acceptors (Lipinski definition) is 3. The third kappa shape index (κ3) is 3.46. The molecule has 1 N–H and O–H groups in total. The van der Waals surface area contributed by atoms with Gasteiger partial charge in [0.25, 0.3) is 0 Å². The number of fused-ring (bicyclic) bond motifs is 1. The zero-order valence-corrected chi connectivity index (χ0v) is 14.2. The summed E-state index contributed by atoms with van der Waals surface area (Å²) in [6.07, 6.45) is 3.85. The van der Waals surface area contributed by atoms with Gasteiger partial charge in [-0.15, -0.1) is 11.8 Å². The van der Waals surface area contributed by atoms with Crippen LogP contribution in [-0.4, -0.2) is 42.4 Å².